The van der Waals surface area contributed by atoms with E-state index in [4.69, 9.17) is 9.47 Å². The molecule has 2 N–H and O–H groups in total. The predicted octanol–water partition coefficient (Wildman–Crippen LogP) is 5.63. The highest BCUT2D eigenvalue weighted by Crippen LogP contribution is 2.57. The van der Waals surface area contributed by atoms with E-state index in [9.17, 15) is 24.6 Å². The van der Waals surface area contributed by atoms with Crippen LogP contribution in [0.25, 0.3) is 0 Å². The summed E-state index contributed by atoms with van der Waals surface area (Å²) in [5, 5.41) is 20.1. The van der Waals surface area contributed by atoms with Crippen molar-refractivity contribution >= 4 is 17.5 Å². The fourth-order valence-electron chi connectivity index (χ4n) is 5.03. The lowest BCUT2D eigenvalue weighted by atomic mass is 9.75. The summed E-state index contributed by atoms with van der Waals surface area (Å²) in [6.07, 6.45) is 1.60. The molecule has 0 atom stereocenters. The first-order chi connectivity index (χ1) is 16.8. The number of hydrogen-bond acceptors (Lipinski definition) is 7. The maximum absolute atomic E-state index is 13.5. The van der Waals surface area contributed by atoms with Gasteiger partial charge in [0.1, 0.15) is 23.0 Å². The minimum Gasteiger partial charge on any atom is -0.508 e. The molecule has 7 heteroatoms. The van der Waals surface area contributed by atoms with E-state index in [0.29, 0.717) is 29.5 Å². The molecule has 0 bridgehead atoms. The second-order valence-corrected chi connectivity index (χ2v) is 8.79. The van der Waals surface area contributed by atoms with Crippen LogP contribution in [-0.4, -0.2) is 27.7 Å². The van der Waals surface area contributed by atoms with Crippen LogP contribution in [0, 0.1) is 0 Å². The number of ether oxygens (including phenoxy) is 2. The van der Waals surface area contributed by atoms with E-state index in [2.05, 4.69) is 0 Å². The molecule has 35 heavy (non-hydrogen) atoms. The first-order valence-electron chi connectivity index (χ1n) is 11.6. The van der Waals surface area contributed by atoms with Gasteiger partial charge in [-0.05, 0) is 37.1 Å². The van der Waals surface area contributed by atoms with Crippen LogP contribution in [0.4, 0.5) is 0 Å². The van der Waals surface area contributed by atoms with Crippen LogP contribution in [-0.2, 0) is 10.3 Å². The number of ketones is 2. The second kappa shape index (κ2) is 8.27. The van der Waals surface area contributed by atoms with Crippen molar-refractivity contribution in [1.29, 1.82) is 0 Å². The number of carbonyl (C=O) groups is 3. The molecule has 3 aromatic carbocycles. The molecule has 0 radical (unpaired) electrons. The van der Waals surface area contributed by atoms with Gasteiger partial charge in [-0.1, -0.05) is 26.0 Å². The lowest BCUT2D eigenvalue weighted by Crippen LogP contribution is -2.33. The molecule has 0 aromatic heterocycles. The van der Waals surface area contributed by atoms with Crippen molar-refractivity contribution in [3.05, 3.63) is 81.9 Å². The molecule has 1 spiro atoms. The fraction of sp³-hybridized carbons (Fsp3) is 0.250. The monoisotopic (exact) mass is 472 g/mol. The van der Waals surface area contributed by atoms with Gasteiger partial charge in [-0.25, -0.2) is 4.79 Å². The molecule has 0 saturated heterocycles. The lowest BCUT2D eigenvalue weighted by Gasteiger charge is -2.36. The van der Waals surface area contributed by atoms with Gasteiger partial charge < -0.3 is 19.7 Å². The number of benzene rings is 3. The topological polar surface area (TPSA) is 110 Å². The van der Waals surface area contributed by atoms with Crippen molar-refractivity contribution in [3.63, 3.8) is 0 Å². The Morgan fingerprint density at radius 1 is 0.800 bits per heavy atom. The van der Waals surface area contributed by atoms with Crippen molar-refractivity contribution in [2.45, 2.75) is 45.1 Å². The number of aromatic hydroxyl groups is 2. The van der Waals surface area contributed by atoms with Crippen LogP contribution in [0.2, 0.25) is 0 Å². The van der Waals surface area contributed by atoms with Gasteiger partial charge in [-0.3, -0.25) is 9.59 Å². The van der Waals surface area contributed by atoms with E-state index in [1.807, 2.05) is 13.8 Å². The summed E-state index contributed by atoms with van der Waals surface area (Å²) in [4.78, 5) is 39.8. The summed E-state index contributed by atoms with van der Waals surface area (Å²) in [7, 11) is 0. The van der Waals surface area contributed by atoms with E-state index in [0.717, 1.165) is 0 Å². The molecule has 0 fully saturated rings. The second-order valence-electron chi connectivity index (χ2n) is 8.79. The molecule has 0 unspecified atom stereocenters. The number of rotatable bonds is 6. The van der Waals surface area contributed by atoms with Crippen LogP contribution in [0.15, 0.2) is 48.5 Å². The van der Waals surface area contributed by atoms with Gasteiger partial charge in [0.2, 0.25) is 0 Å². The number of carbonyl (C=O) groups excluding carboxylic acids is 3. The highest BCUT2D eigenvalue weighted by molar-refractivity contribution is 6.16. The molecule has 5 rings (SSSR count). The zero-order valence-electron chi connectivity index (χ0n) is 19.4. The quantitative estimate of drug-likeness (QED) is 0.353. The summed E-state index contributed by atoms with van der Waals surface area (Å²) < 4.78 is 12.1. The minimum absolute atomic E-state index is 0.0497. The first kappa shape index (κ1) is 22.7. The summed E-state index contributed by atoms with van der Waals surface area (Å²) in [6.45, 7) is 3.74. The molecule has 7 nitrogen and oxygen atoms in total. The Hall–Kier alpha value is -4.13. The third-order valence-corrected chi connectivity index (χ3v) is 6.48. The molecular formula is C28H24O7. The number of phenols is 2. The van der Waals surface area contributed by atoms with E-state index < -0.39 is 11.6 Å². The predicted molar refractivity (Wildman–Crippen MR) is 127 cm³/mol. The van der Waals surface area contributed by atoms with Gasteiger partial charge in [0, 0.05) is 52.8 Å². The molecular weight excluding hydrogens is 448 g/mol. The van der Waals surface area contributed by atoms with Crippen LogP contribution in [0.1, 0.15) is 87.3 Å². The number of fused-ring (bicyclic) bond motifs is 6. The molecule has 178 valence electrons. The van der Waals surface area contributed by atoms with Gasteiger partial charge in [0.25, 0.3) is 0 Å². The van der Waals surface area contributed by atoms with E-state index in [1.54, 1.807) is 24.3 Å². The summed E-state index contributed by atoms with van der Waals surface area (Å²) in [5.41, 5.74) is 0.246. The Labute approximate surface area is 201 Å². The van der Waals surface area contributed by atoms with Crippen molar-refractivity contribution in [2.75, 3.05) is 0 Å². The van der Waals surface area contributed by atoms with Gasteiger partial charge in [0.15, 0.2) is 17.2 Å². The Morgan fingerprint density at radius 2 is 1.34 bits per heavy atom. The molecule has 0 aliphatic carbocycles. The molecule has 2 aliphatic heterocycles. The SMILES string of the molecule is CCCC(=O)c1ccc2c(c1C(=O)CCC)C(=O)OC21c2ccc(O)cc2Oc2cc(O)ccc21. The maximum Gasteiger partial charge on any atom is 0.340 e. The largest absolute Gasteiger partial charge is 0.508 e. The highest BCUT2D eigenvalue weighted by Gasteiger charge is 2.55. The van der Waals surface area contributed by atoms with E-state index in [1.165, 1.54) is 24.3 Å². The molecule has 2 heterocycles. The lowest BCUT2D eigenvalue weighted by molar-refractivity contribution is 0.0223. The van der Waals surface area contributed by atoms with Gasteiger partial charge in [-0.2, -0.15) is 0 Å². The highest BCUT2D eigenvalue weighted by atomic mass is 16.6. The first-order valence-corrected chi connectivity index (χ1v) is 11.6. The number of Topliss-reactive ketones (excluding diaryl/α,β-unsaturated/α-hetero) is 2. The average molecular weight is 472 g/mol. The molecule has 0 amide bonds. The van der Waals surface area contributed by atoms with Gasteiger partial charge in [-0.15, -0.1) is 0 Å². The van der Waals surface area contributed by atoms with Gasteiger partial charge >= 0.3 is 5.97 Å². The maximum atomic E-state index is 13.5. The third-order valence-electron chi connectivity index (χ3n) is 6.48. The van der Waals surface area contributed by atoms with Crippen molar-refractivity contribution in [2.24, 2.45) is 0 Å². The van der Waals surface area contributed by atoms with Crippen LogP contribution in [0.3, 0.4) is 0 Å². The molecule has 0 saturated carbocycles. The van der Waals surface area contributed by atoms with Crippen molar-refractivity contribution in [1.82, 2.24) is 0 Å². The fourth-order valence-corrected chi connectivity index (χ4v) is 5.03. The molecule has 3 aromatic rings. The smallest absolute Gasteiger partial charge is 0.340 e. The Bertz CT molecular complexity index is 1350. The summed E-state index contributed by atoms with van der Waals surface area (Å²) in [5.74, 6) is -0.816. The summed E-state index contributed by atoms with van der Waals surface area (Å²) >= 11 is 0. The standard InChI is InChI=1S/C28H24O7/c1-3-5-21(31)17-9-12-20-26(25(17)22(32)6-4-2)27(33)35-28(20)18-10-7-15(29)13-23(18)34-24-14-16(30)8-11-19(24)28/h7-14,29-30H,3-6H2,1-2H3. The zero-order valence-corrected chi connectivity index (χ0v) is 19.4. The van der Waals surface area contributed by atoms with Crippen LogP contribution in [0.5, 0.6) is 23.0 Å². The Kier molecular flexibility index (Phi) is 5.35. The van der Waals surface area contributed by atoms with Crippen molar-refractivity contribution in [3.8, 4) is 23.0 Å². The van der Waals surface area contributed by atoms with Crippen molar-refractivity contribution < 1.29 is 34.1 Å². The number of hydrogen-bond donors (Lipinski definition) is 2. The minimum atomic E-state index is -1.48. The van der Waals surface area contributed by atoms with Crippen LogP contribution >= 0.6 is 0 Å². The Balaban J connectivity index is 1.85. The summed E-state index contributed by atoms with van der Waals surface area (Å²) in [6, 6.07) is 12.2. The number of esters is 1. The third kappa shape index (κ3) is 3.30. The van der Waals surface area contributed by atoms with Crippen LogP contribution < -0.4 is 4.74 Å². The average Bonchev–Trinajstić information content (AvgIpc) is 3.11. The van der Waals surface area contributed by atoms with E-state index >= 15 is 0 Å². The normalized spacial score (nSPS) is 14.5. The van der Waals surface area contributed by atoms with E-state index in [-0.39, 0.29) is 64.1 Å². The Morgan fingerprint density at radius 3 is 1.91 bits per heavy atom. The molecule has 2 aliphatic rings. The number of phenolic OH excluding ortho intramolecular Hbond substituents is 2. The zero-order chi connectivity index (χ0) is 24.9. The van der Waals surface area contributed by atoms with Gasteiger partial charge in [0.05, 0.1) is 5.56 Å².